The molecule has 31 heavy (non-hydrogen) atoms. The normalized spacial score (nSPS) is 23.7. The number of pyridine rings is 1. The highest BCUT2D eigenvalue weighted by Crippen LogP contribution is 2.52. The SMILES string of the molecule is CC(O)C1C(=O)N2C(C(=O)O)=C(Sc3nc4c[n+](CC(=O)N(C)C)ccc4s3)C(C)C12. The van der Waals surface area contributed by atoms with Crippen LogP contribution in [-0.4, -0.2) is 69.0 Å². The summed E-state index contributed by atoms with van der Waals surface area (Å²) in [5, 5.41) is 19.7. The third kappa shape index (κ3) is 3.60. The Kier molecular flexibility index (Phi) is 5.52. The molecule has 0 aliphatic carbocycles. The molecule has 4 unspecified atom stereocenters. The van der Waals surface area contributed by atoms with Crippen molar-refractivity contribution in [2.24, 2.45) is 11.8 Å². The maximum atomic E-state index is 12.5. The molecule has 1 fully saturated rings. The molecule has 0 bridgehead atoms. The van der Waals surface area contributed by atoms with E-state index in [1.54, 1.807) is 31.8 Å². The highest BCUT2D eigenvalue weighted by molar-refractivity contribution is 8.04. The number of likely N-dealkylation sites (N-methyl/N-ethyl adjacent to an activating group) is 1. The van der Waals surface area contributed by atoms with E-state index < -0.39 is 18.0 Å². The summed E-state index contributed by atoms with van der Waals surface area (Å²) in [6.45, 7) is 3.64. The molecule has 0 spiro atoms. The Bertz CT molecular complexity index is 1130. The Balaban J connectivity index is 1.63. The topological polar surface area (TPSA) is 115 Å². The Morgan fingerprint density at radius 3 is 2.74 bits per heavy atom. The van der Waals surface area contributed by atoms with Crippen molar-refractivity contribution in [3.63, 3.8) is 0 Å². The summed E-state index contributed by atoms with van der Waals surface area (Å²) in [6.07, 6.45) is 2.77. The van der Waals surface area contributed by atoms with Crippen molar-refractivity contribution in [3.05, 3.63) is 29.1 Å². The van der Waals surface area contributed by atoms with Gasteiger partial charge in [-0.05, 0) is 6.92 Å². The van der Waals surface area contributed by atoms with Crippen molar-refractivity contribution in [1.29, 1.82) is 0 Å². The number of hydrogen-bond acceptors (Lipinski definition) is 7. The van der Waals surface area contributed by atoms with Crippen LogP contribution in [0.15, 0.2) is 33.4 Å². The molecule has 2 aliphatic rings. The minimum absolute atomic E-state index is 0.0182. The van der Waals surface area contributed by atoms with Crippen molar-refractivity contribution in [2.75, 3.05) is 14.1 Å². The molecule has 2 aliphatic heterocycles. The number of carbonyl (C=O) groups is 3. The van der Waals surface area contributed by atoms with Crippen molar-refractivity contribution in [1.82, 2.24) is 14.8 Å². The van der Waals surface area contributed by atoms with Gasteiger partial charge in [0.05, 0.1) is 22.8 Å². The second-order valence-corrected chi connectivity index (χ2v) is 10.3. The molecule has 4 rings (SSSR count). The molecule has 2 amide bonds. The number of thiazole rings is 1. The Hall–Kier alpha value is -2.50. The van der Waals surface area contributed by atoms with Gasteiger partial charge in [-0.1, -0.05) is 18.7 Å². The fourth-order valence-electron chi connectivity index (χ4n) is 4.09. The molecular formula is C20H23N4O5S2+. The van der Waals surface area contributed by atoms with Crippen molar-refractivity contribution >= 4 is 51.1 Å². The smallest absolute Gasteiger partial charge is 0.353 e. The van der Waals surface area contributed by atoms with Crippen molar-refractivity contribution < 1.29 is 29.2 Å². The molecule has 0 aromatic carbocycles. The van der Waals surface area contributed by atoms with E-state index in [9.17, 15) is 24.6 Å². The van der Waals surface area contributed by atoms with Crippen molar-refractivity contribution in [3.8, 4) is 0 Å². The number of carboxylic acid groups (broad SMARTS) is 1. The number of aromatic nitrogens is 2. The first-order chi connectivity index (χ1) is 14.6. The highest BCUT2D eigenvalue weighted by Gasteiger charge is 2.60. The largest absolute Gasteiger partial charge is 0.477 e. The van der Waals surface area contributed by atoms with Crippen LogP contribution in [0.4, 0.5) is 0 Å². The number of aliphatic hydroxyl groups excluding tert-OH is 1. The first-order valence-electron chi connectivity index (χ1n) is 9.76. The van der Waals surface area contributed by atoms with E-state index >= 15 is 0 Å². The third-order valence-electron chi connectivity index (χ3n) is 5.69. The van der Waals surface area contributed by atoms with Gasteiger partial charge in [-0.15, -0.1) is 11.3 Å². The maximum absolute atomic E-state index is 12.5. The number of β-lactam (4-membered cyclic amide) rings is 1. The lowest BCUT2D eigenvalue weighted by atomic mass is 9.79. The average molecular weight is 464 g/mol. The van der Waals surface area contributed by atoms with Crippen LogP contribution in [0, 0.1) is 11.8 Å². The summed E-state index contributed by atoms with van der Waals surface area (Å²) in [4.78, 5) is 44.4. The van der Waals surface area contributed by atoms with Gasteiger partial charge in [0.1, 0.15) is 11.2 Å². The van der Waals surface area contributed by atoms with Crippen molar-refractivity contribution in [2.45, 2.75) is 36.9 Å². The van der Waals surface area contributed by atoms with Gasteiger partial charge in [0.2, 0.25) is 12.5 Å². The predicted octanol–water partition coefficient (Wildman–Crippen LogP) is 0.918. The molecule has 2 aromatic rings. The van der Waals surface area contributed by atoms with Crippen LogP contribution in [0.5, 0.6) is 0 Å². The number of thioether (sulfide) groups is 1. The number of hydrogen-bond donors (Lipinski definition) is 2. The molecule has 9 nitrogen and oxygen atoms in total. The first-order valence-corrected chi connectivity index (χ1v) is 11.4. The van der Waals surface area contributed by atoms with Gasteiger partial charge in [0, 0.05) is 31.0 Å². The Morgan fingerprint density at radius 2 is 2.13 bits per heavy atom. The van der Waals surface area contributed by atoms with Gasteiger partial charge < -0.3 is 20.0 Å². The van der Waals surface area contributed by atoms with Crippen LogP contribution in [0.1, 0.15) is 13.8 Å². The summed E-state index contributed by atoms with van der Waals surface area (Å²) in [7, 11) is 3.40. The number of rotatable bonds is 6. The maximum Gasteiger partial charge on any atom is 0.353 e. The molecular weight excluding hydrogens is 440 g/mol. The van der Waals surface area contributed by atoms with E-state index in [4.69, 9.17) is 0 Å². The Morgan fingerprint density at radius 1 is 1.42 bits per heavy atom. The Labute approximate surface area is 187 Å². The quantitative estimate of drug-likeness (QED) is 0.484. The van der Waals surface area contributed by atoms with Crippen LogP contribution < -0.4 is 4.57 Å². The van der Waals surface area contributed by atoms with Crippen LogP contribution in [0.3, 0.4) is 0 Å². The fraction of sp³-hybridized carbons (Fsp3) is 0.450. The monoisotopic (exact) mass is 463 g/mol. The number of carboxylic acids is 1. The van der Waals surface area contributed by atoms with E-state index in [2.05, 4.69) is 4.98 Å². The minimum Gasteiger partial charge on any atom is -0.477 e. The number of fused-ring (bicyclic) bond motifs is 2. The standard InChI is InChI=1S/C20H22N4O5S2/c1-9-15-14(10(2)25)18(27)24(15)16(19(28)29)17(9)31-20-21-11-7-23(6-5-12(11)30-20)8-13(26)22(3)4/h5-7,9-10,14-15,25H,8H2,1-4H3/p+1. The molecule has 0 saturated carbocycles. The molecule has 11 heteroatoms. The van der Waals surface area contributed by atoms with E-state index in [0.717, 1.165) is 4.70 Å². The number of aliphatic hydroxyl groups is 1. The summed E-state index contributed by atoms with van der Waals surface area (Å²) >= 11 is 2.68. The van der Waals surface area contributed by atoms with Gasteiger partial charge in [0.15, 0.2) is 16.7 Å². The van der Waals surface area contributed by atoms with Gasteiger partial charge in [-0.3, -0.25) is 9.59 Å². The molecule has 4 heterocycles. The molecule has 0 radical (unpaired) electrons. The minimum atomic E-state index is -1.16. The zero-order valence-corrected chi connectivity index (χ0v) is 19.1. The zero-order chi connectivity index (χ0) is 22.6. The van der Waals surface area contributed by atoms with Crippen LogP contribution in [0.25, 0.3) is 10.2 Å². The molecule has 2 N–H and O–H groups in total. The highest BCUT2D eigenvalue weighted by atomic mass is 32.2. The van der Waals surface area contributed by atoms with Crippen LogP contribution in [0.2, 0.25) is 0 Å². The number of nitrogens with zero attached hydrogens (tertiary/aromatic N) is 4. The average Bonchev–Trinajstić information content (AvgIpc) is 3.18. The number of amides is 2. The molecule has 2 aromatic heterocycles. The predicted molar refractivity (Wildman–Crippen MR) is 114 cm³/mol. The zero-order valence-electron chi connectivity index (χ0n) is 17.5. The van der Waals surface area contributed by atoms with Gasteiger partial charge in [0.25, 0.3) is 5.91 Å². The van der Waals surface area contributed by atoms with Crippen LogP contribution >= 0.6 is 23.1 Å². The van der Waals surface area contributed by atoms with E-state index in [1.165, 1.54) is 32.9 Å². The van der Waals surface area contributed by atoms with Gasteiger partial charge >= 0.3 is 5.97 Å². The fourth-order valence-corrected chi connectivity index (χ4v) is 6.40. The summed E-state index contributed by atoms with van der Waals surface area (Å²) in [5.41, 5.74) is 0.696. The van der Waals surface area contributed by atoms with E-state index in [-0.39, 0.29) is 36.0 Å². The first kappa shape index (κ1) is 21.7. The number of carbonyl (C=O) groups excluding carboxylic acids is 2. The third-order valence-corrected chi connectivity index (χ3v) is 8.07. The van der Waals surface area contributed by atoms with Gasteiger partial charge in [-0.25, -0.2) is 9.78 Å². The molecule has 164 valence electrons. The van der Waals surface area contributed by atoms with E-state index in [1.807, 2.05) is 19.2 Å². The second-order valence-electron chi connectivity index (χ2n) is 8.01. The molecule has 4 atom stereocenters. The summed E-state index contributed by atoms with van der Waals surface area (Å²) in [6, 6.07) is 1.53. The lowest BCUT2D eigenvalue weighted by Gasteiger charge is -2.46. The summed E-state index contributed by atoms with van der Waals surface area (Å²) in [5.74, 6) is -2.35. The second kappa shape index (κ2) is 7.88. The number of aliphatic carboxylic acids is 1. The lowest BCUT2D eigenvalue weighted by Crippen LogP contribution is -2.63. The van der Waals surface area contributed by atoms with Crippen LogP contribution in [-0.2, 0) is 20.9 Å². The van der Waals surface area contributed by atoms with Gasteiger partial charge in [-0.2, -0.15) is 4.57 Å². The summed E-state index contributed by atoms with van der Waals surface area (Å²) < 4.78 is 3.34. The molecule has 1 saturated heterocycles. The van der Waals surface area contributed by atoms with E-state index in [0.29, 0.717) is 14.8 Å². The lowest BCUT2D eigenvalue weighted by molar-refractivity contribution is -0.683.